The van der Waals surface area contributed by atoms with Gasteiger partial charge in [-0.3, -0.25) is 5.32 Å². The molecular formula is C13H10NO2. The van der Waals surface area contributed by atoms with Gasteiger partial charge in [0.2, 0.25) is 0 Å². The SMILES string of the molecule is [O]C(=O)Nc1ccccc1-c1ccccc1. The molecule has 16 heavy (non-hydrogen) atoms. The highest BCUT2D eigenvalue weighted by atomic mass is 16.4. The first-order valence-corrected chi connectivity index (χ1v) is 4.90. The fourth-order valence-electron chi connectivity index (χ4n) is 1.57. The highest BCUT2D eigenvalue weighted by Gasteiger charge is 2.06. The first-order chi connectivity index (χ1) is 7.77. The van der Waals surface area contributed by atoms with Crippen molar-refractivity contribution in [1.29, 1.82) is 0 Å². The molecule has 0 aromatic heterocycles. The minimum atomic E-state index is -1.30. The largest absolute Gasteiger partial charge is 0.454 e. The van der Waals surface area contributed by atoms with Gasteiger partial charge in [0, 0.05) is 5.56 Å². The molecule has 79 valence electrons. The van der Waals surface area contributed by atoms with Crippen LogP contribution in [0.2, 0.25) is 0 Å². The molecule has 0 aliphatic rings. The predicted molar refractivity (Wildman–Crippen MR) is 61.6 cm³/mol. The molecule has 0 atom stereocenters. The van der Waals surface area contributed by atoms with Gasteiger partial charge < -0.3 is 0 Å². The molecule has 0 bridgehead atoms. The zero-order valence-electron chi connectivity index (χ0n) is 8.51. The van der Waals surface area contributed by atoms with E-state index in [1.54, 1.807) is 12.1 Å². The lowest BCUT2D eigenvalue weighted by atomic mass is 10.0. The van der Waals surface area contributed by atoms with Crippen LogP contribution < -0.4 is 5.32 Å². The van der Waals surface area contributed by atoms with Gasteiger partial charge in [-0.2, -0.15) is 0 Å². The summed E-state index contributed by atoms with van der Waals surface area (Å²) in [5.41, 5.74) is 2.34. The Bertz CT molecular complexity index is 494. The average molecular weight is 212 g/mol. The number of amides is 1. The summed E-state index contributed by atoms with van der Waals surface area (Å²) in [7, 11) is 0. The van der Waals surface area contributed by atoms with Crippen LogP contribution in [0.4, 0.5) is 10.5 Å². The second-order valence-electron chi connectivity index (χ2n) is 3.32. The van der Waals surface area contributed by atoms with Gasteiger partial charge >= 0.3 is 6.09 Å². The van der Waals surface area contributed by atoms with E-state index in [1.165, 1.54) is 0 Å². The van der Waals surface area contributed by atoms with Gasteiger partial charge in [0.15, 0.2) is 0 Å². The Kier molecular flexibility index (Phi) is 2.87. The zero-order valence-corrected chi connectivity index (χ0v) is 8.51. The van der Waals surface area contributed by atoms with Crippen molar-refractivity contribution in [1.82, 2.24) is 0 Å². The number of para-hydroxylation sites is 1. The molecule has 0 unspecified atom stereocenters. The fraction of sp³-hybridized carbons (Fsp3) is 0. The maximum absolute atomic E-state index is 10.5. The van der Waals surface area contributed by atoms with E-state index >= 15 is 0 Å². The number of anilines is 1. The highest BCUT2D eigenvalue weighted by Crippen LogP contribution is 2.27. The molecule has 0 spiro atoms. The number of benzene rings is 2. The maximum Gasteiger partial charge on any atom is 0.454 e. The lowest BCUT2D eigenvalue weighted by Crippen LogP contribution is -2.06. The van der Waals surface area contributed by atoms with Crippen molar-refractivity contribution in [3.8, 4) is 11.1 Å². The Hall–Kier alpha value is -2.29. The van der Waals surface area contributed by atoms with Crippen LogP contribution in [0.5, 0.6) is 0 Å². The molecule has 0 saturated heterocycles. The molecule has 0 aliphatic heterocycles. The van der Waals surface area contributed by atoms with Gasteiger partial charge in [0.25, 0.3) is 0 Å². The molecule has 0 aliphatic carbocycles. The van der Waals surface area contributed by atoms with Gasteiger partial charge in [0.1, 0.15) is 0 Å². The summed E-state index contributed by atoms with van der Waals surface area (Å²) < 4.78 is 0. The third-order valence-corrected chi connectivity index (χ3v) is 2.25. The van der Waals surface area contributed by atoms with Gasteiger partial charge in [-0.05, 0) is 11.6 Å². The quantitative estimate of drug-likeness (QED) is 0.815. The van der Waals surface area contributed by atoms with Gasteiger partial charge in [-0.15, -0.1) is 0 Å². The molecule has 1 amide bonds. The number of hydrogen-bond donors (Lipinski definition) is 1. The summed E-state index contributed by atoms with van der Waals surface area (Å²) in [6.45, 7) is 0. The minimum absolute atomic E-state index is 0.536. The third-order valence-electron chi connectivity index (χ3n) is 2.25. The standard InChI is InChI=1S/C13H10NO2/c15-13(16)14-12-9-5-4-8-11(12)10-6-2-1-3-7-10/h1-9,14H. The summed E-state index contributed by atoms with van der Waals surface area (Å²) in [6.07, 6.45) is -1.30. The van der Waals surface area contributed by atoms with Gasteiger partial charge in [-0.1, -0.05) is 48.5 Å². The molecule has 3 nitrogen and oxygen atoms in total. The van der Waals surface area contributed by atoms with Crippen LogP contribution in [0.25, 0.3) is 11.1 Å². The molecule has 1 radical (unpaired) electrons. The van der Waals surface area contributed by atoms with Crippen molar-refractivity contribution in [3.05, 3.63) is 54.6 Å². The Morgan fingerprint density at radius 1 is 0.875 bits per heavy atom. The summed E-state index contributed by atoms with van der Waals surface area (Å²) in [5, 5.41) is 12.8. The van der Waals surface area contributed by atoms with Crippen molar-refractivity contribution in [2.75, 3.05) is 5.32 Å². The average Bonchev–Trinajstić information content (AvgIpc) is 2.30. The smallest absolute Gasteiger partial charge is 0.288 e. The van der Waals surface area contributed by atoms with E-state index in [2.05, 4.69) is 5.32 Å². The monoisotopic (exact) mass is 212 g/mol. The second kappa shape index (κ2) is 4.49. The van der Waals surface area contributed by atoms with E-state index in [1.807, 2.05) is 42.5 Å². The molecule has 0 heterocycles. The summed E-state index contributed by atoms with van der Waals surface area (Å²) in [6, 6.07) is 16.8. The summed E-state index contributed by atoms with van der Waals surface area (Å²) >= 11 is 0. The van der Waals surface area contributed by atoms with Crippen LogP contribution in [0.3, 0.4) is 0 Å². The third kappa shape index (κ3) is 2.20. The Morgan fingerprint density at radius 3 is 2.19 bits per heavy atom. The maximum atomic E-state index is 10.5. The van der Waals surface area contributed by atoms with Crippen molar-refractivity contribution >= 4 is 11.8 Å². The first kappa shape index (κ1) is 10.2. The van der Waals surface area contributed by atoms with Crippen molar-refractivity contribution < 1.29 is 9.90 Å². The topological polar surface area (TPSA) is 49.0 Å². The number of rotatable bonds is 2. The van der Waals surface area contributed by atoms with Gasteiger partial charge in [-0.25, -0.2) is 9.90 Å². The van der Waals surface area contributed by atoms with Crippen LogP contribution in [-0.2, 0) is 5.11 Å². The van der Waals surface area contributed by atoms with E-state index in [0.717, 1.165) is 11.1 Å². The van der Waals surface area contributed by atoms with Crippen molar-refractivity contribution in [2.24, 2.45) is 0 Å². The van der Waals surface area contributed by atoms with Crippen LogP contribution in [-0.4, -0.2) is 6.09 Å². The predicted octanol–water partition coefficient (Wildman–Crippen LogP) is 3.32. The lowest BCUT2D eigenvalue weighted by Gasteiger charge is -2.07. The van der Waals surface area contributed by atoms with E-state index in [4.69, 9.17) is 0 Å². The number of carbonyl (C=O) groups is 1. The Morgan fingerprint density at radius 2 is 1.50 bits per heavy atom. The minimum Gasteiger partial charge on any atom is -0.288 e. The van der Waals surface area contributed by atoms with Crippen LogP contribution in [0, 0.1) is 0 Å². The Labute approximate surface area is 93.4 Å². The molecule has 3 heteroatoms. The first-order valence-electron chi connectivity index (χ1n) is 4.90. The van der Waals surface area contributed by atoms with E-state index < -0.39 is 6.09 Å². The molecule has 0 fully saturated rings. The van der Waals surface area contributed by atoms with Crippen molar-refractivity contribution in [3.63, 3.8) is 0 Å². The number of carbonyl (C=O) groups excluding carboxylic acids is 1. The van der Waals surface area contributed by atoms with E-state index in [-0.39, 0.29) is 0 Å². The van der Waals surface area contributed by atoms with E-state index in [0.29, 0.717) is 5.69 Å². The number of nitrogens with one attached hydrogen (secondary N) is 1. The van der Waals surface area contributed by atoms with Crippen LogP contribution in [0.15, 0.2) is 54.6 Å². The molecule has 2 rings (SSSR count). The normalized spacial score (nSPS) is 9.75. The Balaban J connectivity index is 2.44. The molecular weight excluding hydrogens is 202 g/mol. The van der Waals surface area contributed by atoms with Gasteiger partial charge in [0.05, 0.1) is 5.69 Å². The van der Waals surface area contributed by atoms with E-state index in [9.17, 15) is 9.90 Å². The summed E-state index contributed by atoms with van der Waals surface area (Å²) in [5.74, 6) is 0. The van der Waals surface area contributed by atoms with Crippen LogP contribution >= 0.6 is 0 Å². The second-order valence-corrected chi connectivity index (χ2v) is 3.32. The zero-order chi connectivity index (χ0) is 11.4. The van der Waals surface area contributed by atoms with Crippen molar-refractivity contribution in [2.45, 2.75) is 0 Å². The molecule has 2 aromatic carbocycles. The molecule has 1 N–H and O–H groups in total. The molecule has 0 saturated carbocycles. The van der Waals surface area contributed by atoms with Crippen LogP contribution in [0.1, 0.15) is 0 Å². The number of hydrogen-bond acceptors (Lipinski definition) is 1. The lowest BCUT2D eigenvalue weighted by molar-refractivity contribution is 0.185. The summed E-state index contributed by atoms with van der Waals surface area (Å²) in [4.78, 5) is 10.5. The molecule has 2 aromatic rings. The highest BCUT2D eigenvalue weighted by molar-refractivity contribution is 5.90. The fourth-order valence-corrected chi connectivity index (χ4v) is 1.57.